The molecule has 3 aromatic rings. The zero-order valence-corrected chi connectivity index (χ0v) is 18.2. The molecule has 0 spiro atoms. The fourth-order valence-electron chi connectivity index (χ4n) is 2.78. The van der Waals surface area contributed by atoms with Gasteiger partial charge in [0.2, 0.25) is 10.0 Å². The summed E-state index contributed by atoms with van der Waals surface area (Å²) in [5.41, 5.74) is 0.427. The third-order valence-electron chi connectivity index (χ3n) is 4.54. The molecule has 166 valence electrons. The van der Waals surface area contributed by atoms with Crippen molar-refractivity contribution in [2.24, 2.45) is 0 Å². The van der Waals surface area contributed by atoms with Crippen LogP contribution in [0, 0.1) is 10.1 Å². The Hall–Kier alpha value is -3.76. The van der Waals surface area contributed by atoms with Gasteiger partial charge in [-0.15, -0.1) is 0 Å². The second kappa shape index (κ2) is 9.58. The van der Waals surface area contributed by atoms with Crippen LogP contribution in [0.5, 0.6) is 11.5 Å². The molecule has 0 fully saturated rings. The molecule has 0 saturated carbocycles. The quantitative estimate of drug-likeness (QED) is 0.410. The largest absolute Gasteiger partial charge is 0.457 e. The third-order valence-corrected chi connectivity index (χ3v) is 6.37. The average Bonchev–Trinajstić information content (AvgIpc) is 2.78. The van der Waals surface area contributed by atoms with Crippen molar-refractivity contribution < 1.29 is 22.9 Å². The highest BCUT2D eigenvalue weighted by Crippen LogP contribution is 2.29. The number of non-ortho nitro benzene ring substituents is 1. The predicted octanol–water partition coefficient (Wildman–Crippen LogP) is 3.57. The first-order valence-electron chi connectivity index (χ1n) is 9.49. The minimum atomic E-state index is -3.55. The van der Waals surface area contributed by atoms with Crippen molar-refractivity contribution in [1.29, 1.82) is 0 Å². The summed E-state index contributed by atoms with van der Waals surface area (Å²) in [5, 5.41) is 13.9. The number of nitro benzene ring substituents is 1. The van der Waals surface area contributed by atoms with E-state index in [1.54, 1.807) is 36.4 Å². The molecule has 0 atom stereocenters. The smallest absolute Gasteiger partial charge is 0.270 e. The van der Waals surface area contributed by atoms with Gasteiger partial charge in [-0.3, -0.25) is 14.9 Å². The molecular formula is C22H21N3O6S. The van der Waals surface area contributed by atoms with Crippen molar-refractivity contribution in [1.82, 2.24) is 9.62 Å². The van der Waals surface area contributed by atoms with Crippen molar-refractivity contribution in [3.63, 3.8) is 0 Å². The van der Waals surface area contributed by atoms with Crippen LogP contribution in [0.25, 0.3) is 0 Å². The number of hydrogen-bond donors (Lipinski definition) is 1. The summed E-state index contributed by atoms with van der Waals surface area (Å²) in [6.07, 6.45) is 0. The van der Waals surface area contributed by atoms with Crippen LogP contribution in [0.3, 0.4) is 0 Å². The summed E-state index contributed by atoms with van der Waals surface area (Å²) in [4.78, 5) is 23.5. The monoisotopic (exact) mass is 455 g/mol. The first-order valence-corrected chi connectivity index (χ1v) is 10.9. The molecule has 3 aromatic carbocycles. The molecule has 3 rings (SSSR count). The standard InChI is InChI=1S/C22H21N3O6S/c1-24(2)32(29,30)19-11-8-16(9-12-19)15-23-22(26)20-14-17(25(27)28)10-13-21(20)31-18-6-4-3-5-7-18/h3-14H,15H2,1-2H3,(H,23,26). The number of carbonyl (C=O) groups is 1. The molecule has 32 heavy (non-hydrogen) atoms. The van der Waals surface area contributed by atoms with Crippen molar-refractivity contribution in [3.8, 4) is 11.5 Å². The van der Waals surface area contributed by atoms with E-state index in [2.05, 4.69) is 5.32 Å². The minimum absolute atomic E-state index is 0.00913. The molecule has 0 aliphatic carbocycles. The molecule has 0 aromatic heterocycles. The van der Waals surface area contributed by atoms with Crippen molar-refractivity contribution in [2.45, 2.75) is 11.4 Å². The Bertz CT molecular complexity index is 1230. The maximum absolute atomic E-state index is 12.8. The summed E-state index contributed by atoms with van der Waals surface area (Å²) >= 11 is 0. The maximum Gasteiger partial charge on any atom is 0.270 e. The zero-order chi connectivity index (χ0) is 23.3. The van der Waals surface area contributed by atoms with Gasteiger partial charge in [-0.05, 0) is 35.9 Å². The Labute approximate surface area is 185 Å². The Kier molecular flexibility index (Phi) is 6.86. The van der Waals surface area contributed by atoms with E-state index in [1.165, 1.54) is 38.4 Å². The number of ether oxygens (including phenoxy) is 1. The number of benzene rings is 3. The summed E-state index contributed by atoms with van der Waals surface area (Å²) < 4.78 is 31.2. The lowest BCUT2D eigenvalue weighted by atomic mass is 10.1. The van der Waals surface area contributed by atoms with Crippen molar-refractivity contribution in [3.05, 3.63) is 94.0 Å². The van der Waals surface area contributed by atoms with E-state index in [9.17, 15) is 23.3 Å². The van der Waals surface area contributed by atoms with Gasteiger partial charge in [0.1, 0.15) is 11.5 Å². The molecule has 0 unspecified atom stereocenters. The molecule has 1 N–H and O–H groups in total. The van der Waals surface area contributed by atoms with E-state index < -0.39 is 20.9 Å². The van der Waals surface area contributed by atoms with Crippen molar-refractivity contribution >= 4 is 21.6 Å². The van der Waals surface area contributed by atoms with Crippen LogP contribution in [0.4, 0.5) is 5.69 Å². The van der Waals surface area contributed by atoms with Crippen LogP contribution in [0.1, 0.15) is 15.9 Å². The Morgan fingerprint density at radius 2 is 1.69 bits per heavy atom. The number of nitrogens with zero attached hydrogens (tertiary/aromatic N) is 2. The van der Waals surface area contributed by atoms with Crippen LogP contribution in [-0.4, -0.2) is 37.6 Å². The molecule has 9 nitrogen and oxygen atoms in total. The predicted molar refractivity (Wildman–Crippen MR) is 118 cm³/mol. The van der Waals surface area contributed by atoms with E-state index in [0.717, 1.165) is 10.4 Å². The van der Waals surface area contributed by atoms with E-state index in [0.29, 0.717) is 11.3 Å². The lowest BCUT2D eigenvalue weighted by Crippen LogP contribution is -2.24. The Morgan fingerprint density at radius 1 is 1.03 bits per heavy atom. The highest BCUT2D eigenvalue weighted by Gasteiger charge is 2.19. The zero-order valence-electron chi connectivity index (χ0n) is 17.4. The number of nitro groups is 1. The second-order valence-corrected chi connectivity index (χ2v) is 9.12. The Balaban J connectivity index is 1.79. The molecule has 0 bridgehead atoms. The van der Waals surface area contributed by atoms with Crippen molar-refractivity contribution in [2.75, 3.05) is 14.1 Å². The first-order chi connectivity index (χ1) is 15.2. The minimum Gasteiger partial charge on any atom is -0.457 e. The molecule has 0 aliphatic rings. The van der Waals surface area contributed by atoms with E-state index in [-0.39, 0.29) is 28.4 Å². The second-order valence-electron chi connectivity index (χ2n) is 6.97. The van der Waals surface area contributed by atoms with Gasteiger partial charge in [-0.25, -0.2) is 12.7 Å². The lowest BCUT2D eigenvalue weighted by molar-refractivity contribution is -0.384. The van der Waals surface area contributed by atoms with Crippen LogP contribution < -0.4 is 10.1 Å². The number of para-hydroxylation sites is 1. The number of rotatable bonds is 8. The number of sulfonamides is 1. The van der Waals surface area contributed by atoms with Gasteiger partial charge in [0.25, 0.3) is 11.6 Å². The van der Waals surface area contributed by atoms with Crippen LogP contribution in [0.15, 0.2) is 77.7 Å². The number of amides is 1. The van der Waals surface area contributed by atoms with Gasteiger partial charge in [-0.1, -0.05) is 30.3 Å². The summed E-state index contributed by atoms with van der Waals surface area (Å²) in [7, 11) is -0.666. The average molecular weight is 455 g/mol. The molecule has 0 radical (unpaired) electrons. The molecule has 10 heteroatoms. The highest BCUT2D eigenvalue weighted by atomic mass is 32.2. The molecular weight excluding hydrogens is 434 g/mol. The topological polar surface area (TPSA) is 119 Å². The number of hydrogen-bond acceptors (Lipinski definition) is 6. The molecule has 1 amide bonds. The van der Waals surface area contributed by atoms with Crippen LogP contribution in [-0.2, 0) is 16.6 Å². The lowest BCUT2D eigenvalue weighted by Gasteiger charge is -2.13. The number of nitrogens with one attached hydrogen (secondary N) is 1. The van der Waals surface area contributed by atoms with Gasteiger partial charge in [-0.2, -0.15) is 0 Å². The van der Waals surface area contributed by atoms with Gasteiger partial charge in [0.15, 0.2) is 0 Å². The van der Waals surface area contributed by atoms with Gasteiger partial charge >= 0.3 is 0 Å². The summed E-state index contributed by atoms with van der Waals surface area (Å²) in [6, 6.07) is 18.6. The third kappa shape index (κ3) is 5.29. The van der Waals surface area contributed by atoms with E-state index in [4.69, 9.17) is 4.74 Å². The van der Waals surface area contributed by atoms with Gasteiger partial charge < -0.3 is 10.1 Å². The summed E-state index contributed by atoms with van der Waals surface area (Å²) in [5.74, 6) is 0.0874. The summed E-state index contributed by atoms with van der Waals surface area (Å²) in [6.45, 7) is 0.0919. The fourth-order valence-corrected chi connectivity index (χ4v) is 3.68. The van der Waals surface area contributed by atoms with E-state index >= 15 is 0 Å². The highest BCUT2D eigenvalue weighted by molar-refractivity contribution is 7.89. The SMILES string of the molecule is CN(C)S(=O)(=O)c1ccc(CNC(=O)c2cc([N+](=O)[O-])ccc2Oc2ccccc2)cc1. The van der Waals surface area contributed by atoms with E-state index in [1.807, 2.05) is 6.07 Å². The van der Waals surface area contributed by atoms with Crippen LogP contribution in [0.2, 0.25) is 0 Å². The molecule has 0 heterocycles. The molecule has 0 aliphatic heterocycles. The normalized spacial score (nSPS) is 11.2. The van der Waals surface area contributed by atoms with Crippen LogP contribution >= 0.6 is 0 Å². The fraction of sp³-hybridized carbons (Fsp3) is 0.136. The maximum atomic E-state index is 12.8. The Morgan fingerprint density at radius 3 is 2.28 bits per heavy atom. The van der Waals surface area contributed by atoms with Gasteiger partial charge in [0, 0.05) is 32.8 Å². The number of carbonyl (C=O) groups excluding carboxylic acids is 1. The molecule has 0 saturated heterocycles. The first kappa shape index (κ1) is 22.9. The van der Waals surface area contributed by atoms with Gasteiger partial charge in [0.05, 0.1) is 15.4 Å².